The van der Waals surface area contributed by atoms with Crippen LogP contribution in [-0.2, 0) is 21.4 Å². The first-order chi connectivity index (χ1) is 21.2. The first-order valence-electron chi connectivity index (χ1n) is 14.7. The van der Waals surface area contributed by atoms with Crippen molar-refractivity contribution in [3.05, 3.63) is 77.4 Å². The Labute approximate surface area is 254 Å². The molecule has 2 fully saturated rings. The molecule has 2 aromatic carbocycles. The molecular formula is C32H33F2N5O4S. The van der Waals surface area contributed by atoms with Gasteiger partial charge in [0.25, 0.3) is 0 Å². The summed E-state index contributed by atoms with van der Waals surface area (Å²) in [5.74, 6) is -1.26. The number of ketones is 1. The van der Waals surface area contributed by atoms with Crippen LogP contribution in [0.25, 0.3) is 22.2 Å². The van der Waals surface area contributed by atoms with Crippen molar-refractivity contribution in [1.82, 2.24) is 14.3 Å². The number of carbonyl (C=O) groups is 2. The van der Waals surface area contributed by atoms with Crippen LogP contribution in [0.5, 0.6) is 0 Å². The molecule has 0 amide bonds. The zero-order valence-electron chi connectivity index (χ0n) is 24.2. The van der Waals surface area contributed by atoms with Crippen molar-refractivity contribution >= 4 is 44.7 Å². The minimum Gasteiger partial charge on any atom is -0.371 e. The Hall–Kier alpha value is -4.16. The van der Waals surface area contributed by atoms with Gasteiger partial charge < -0.3 is 14.7 Å². The van der Waals surface area contributed by atoms with Gasteiger partial charge in [-0.3, -0.25) is 9.52 Å². The molecule has 0 bridgehead atoms. The molecule has 2 aliphatic heterocycles. The number of fused-ring (bicyclic) bond motifs is 1. The third kappa shape index (κ3) is 5.71. The molecule has 230 valence electrons. The minimum atomic E-state index is -4.10. The van der Waals surface area contributed by atoms with Crippen molar-refractivity contribution in [2.75, 3.05) is 35.8 Å². The molecule has 0 aliphatic carbocycles. The molecule has 0 unspecified atom stereocenters. The van der Waals surface area contributed by atoms with Crippen LogP contribution >= 0.6 is 0 Å². The van der Waals surface area contributed by atoms with Gasteiger partial charge in [0.15, 0.2) is 5.78 Å². The van der Waals surface area contributed by atoms with Crippen molar-refractivity contribution in [1.29, 1.82) is 0 Å². The average Bonchev–Trinajstić information content (AvgIpc) is 3.68. The largest absolute Gasteiger partial charge is 0.371 e. The SMILES string of the molecule is CCc1c(NS(=O)(=O)N2CC[C@@H](F)C2)ccc(F)c1C(=O)c1c[nH]c2ncc(-c3ccc(N4CCC(C=O)CC4)cc3)cc12. The topological polar surface area (TPSA) is 115 Å². The molecule has 0 saturated carbocycles. The molecule has 4 heterocycles. The van der Waals surface area contributed by atoms with Gasteiger partial charge in [0.2, 0.25) is 0 Å². The van der Waals surface area contributed by atoms with Crippen LogP contribution in [0.1, 0.15) is 47.7 Å². The summed E-state index contributed by atoms with van der Waals surface area (Å²) in [5.41, 5.74) is 3.44. The quantitative estimate of drug-likeness (QED) is 0.194. The van der Waals surface area contributed by atoms with E-state index in [9.17, 15) is 22.4 Å². The van der Waals surface area contributed by atoms with Crippen molar-refractivity contribution in [3.8, 4) is 11.1 Å². The monoisotopic (exact) mass is 621 g/mol. The Morgan fingerprint density at radius 1 is 1.09 bits per heavy atom. The zero-order chi connectivity index (χ0) is 31.0. The molecule has 0 radical (unpaired) electrons. The van der Waals surface area contributed by atoms with Crippen LogP contribution in [0.15, 0.2) is 54.9 Å². The Balaban J connectivity index is 1.29. The summed E-state index contributed by atoms with van der Waals surface area (Å²) in [6.45, 7) is 3.14. The molecule has 6 rings (SSSR count). The summed E-state index contributed by atoms with van der Waals surface area (Å²) < 4.78 is 58.3. The smallest absolute Gasteiger partial charge is 0.301 e. The first-order valence-corrected chi connectivity index (χ1v) is 16.2. The second-order valence-electron chi connectivity index (χ2n) is 11.3. The number of aldehydes is 1. The maximum absolute atomic E-state index is 15.3. The van der Waals surface area contributed by atoms with Gasteiger partial charge in [-0.15, -0.1) is 0 Å². The zero-order valence-corrected chi connectivity index (χ0v) is 25.0. The van der Waals surface area contributed by atoms with Gasteiger partial charge in [0.1, 0.15) is 23.9 Å². The fourth-order valence-corrected chi connectivity index (χ4v) is 7.38. The summed E-state index contributed by atoms with van der Waals surface area (Å²) in [6.07, 6.45) is 4.93. The number of benzene rings is 2. The standard InChI is InChI=1S/C32H33F2N5O4S/c1-2-25-29(37-44(42,43)39-14-11-23(33)18-39)8-7-28(34)30(25)31(41)27-17-36-32-26(27)15-22(16-35-32)21-3-5-24(6-4-21)38-12-9-20(19-40)10-13-38/h3-8,15-17,19-20,23,37H,2,9-14,18H2,1H3,(H,35,36)/t23-/m1/s1. The Kier molecular flexibility index (Phi) is 8.21. The van der Waals surface area contributed by atoms with Crippen LogP contribution in [-0.4, -0.2) is 67.1 Å². The van der Waals surface area contributed by atoms with Crippen LogP contribution in [0.3, 0.4) is 0 Å². The lowest BCUT2D eigenvalue weighted by molar-refractivity contribution is -0.111. The molecule has 1 atom stereocenters. The van der Waals surface area contributed by atoms with Crippen LogP contribution in [0, 0.1) is 11.7 Å². The molecule has 4 aromatic rings. The Morgan fingerprint density at radius 2 is 1.84 bits per heavy atom. The van der Waals surface area contributed by atoms with Crippen LogP contribution < -0.4 is 9.62 Å². The van der Waals surface area contributed by atoms with E-state index >= 15 is 4.39 Å². The summed E-state index contributed by atoms with van der Waals surface area (Å²) in [5, 5.41) is 0.506. The molecule has 2 aromatic heterocycles. The van der Waals surface area contributed by atoms with Gasteiger partial charge in [0, 0.05) is 66.7 Å². The number of halogens is 2. The number of hydrogen-bond donors (Lipinski definition) is 2. The molecule has 2 saturated heterocycles. The predicted molar refractivity (Wildman–Crippen MR) is 165 cm³/mol. The number of hydrogen-bond acceptors (Lipinski definition) is 6. The average molecular weight is 622 g/mol. The Morgan fingerprint density at radius 3 is 2.50 bits per heavy atom. The van der Waals surface area contributed by atoms with E-state index in [1.165, 1.54) is 12.3 Å². The normalized spacial score (nSPS) is 18.2. The van der Waals surface area contributed by atoms with E-state index in [0.29, 0.717) is 11.0 Å². The number of carbonyl (C=O) groups excluding carboxylic acids is 2. The van der Waals surface area contributed by atoms with E-state index in [4.69, 9.17) is 0 Å². The van der Waals surface area contributed by atoms with Gasteiger partial charge in [0.05, 0.1) is 11.3 Å². The number of alkyl halides is 1. The van der Waals surface area contributed by atoms with Crippen molar-refractivity contribution in [3.63, 3.8) is 0 Å². The lowest BCUT2D eigenvalue weighted by atomic mass is 9.94. The number of pyridine rings is 1. The number of nitrogens with one attached hydrogen (secondary N) is 2. The van der Waals surface area contributed by atoms with E-state index in [-0.39, 0.29) is 54.2 Å². The molecule has 12 heteroatoms. The lowest BCUT2D eigenvalue weighted by Crippen LogP contribution is -2.34. The van der Waals surface area contributed by atoms with Gasteiger partial charge in [-0.25, -0.2) is 13.8 Å². The molecule has 2 N–H and O–H groups in total. The molecular weight excluding hydrogens is 588 g/mol. The molecule has 44 heavy (non-hydrogen) atoms. The number of rotatable bonds is 9. The minimum absolute atomic E-state index is 0.0401. The maximum atomic E-state index is 15.3. The highest BCUT2D eigenvalue weighted by Gasteiger charge is 2.32. The third-order valence-electron chi connectivity index (χ3n) is 8.59. The second kappa shape index (κ2) is 12.1. The first kappa shape index (κ1) is 29.9. The summed E-state index contributed by atoms with van der Waals surface area (Å²) in [7, 11) is -4.10. The highest BCUT2D eigenvalue weighted by molar-refractivity contribution is 7.90. The van der Waals surface area contributed by atoms with E-state index in [1.54, 1.807) is 13.1 Å². The van der Waals surface area contributed by atoms with Gasteiger partial charge >= 0.3 is 10.2 Å². The number of nitrogens with zero attached hydrogens (tertiary/aromatic N) is 3. The molecule has 2 aliphatic rings. The summed E-state index contributed by atoms with van der Waals surface area (Å²) >= 11 is 0. The predicted octanol–water partition coefficient (Wildman–Crippen LogP) is 5.28. The van der Waals surface area contributed by atoms with E-state index in [1.807, 2.05) is 30.3 Å². The Bertz CT molecular complexity index is 1820. The number of H-pyrrole nitrogens is 1. The van der Waals surface area contributed by atoms with E-state index in [2.05, 4.69) is 19.6 Å². The van der Waals surface area contributed by atoms with Gasteiger partial charge in [-0.05, 0) is 67.1 Å². The van der Waals surface area contributed by atoms with E-state index in [0.717, 1.165) is 59.4 Å². The van der Waals surface area contributed by atoms with Crippen molar-refractivity contribution in [2.45, 2.75) is 38.8 Å². The maximum Gasteiger partial charge on any atom is 0.301 e. The molecule has 9 nitrogen and oxygen atoms in total. The summed E-state index contributed by atoms with van der Waals surface area (Å²) in [6, 6.07) is 12.2. The fourth-order valence-electron chi connectivity index (χ4n) is 6.08. The van der Waals surface area contributed by atoms with Crippen molar-refractivity contribution in [2.24, 2.45) is 5.92 Å². The number of anilines is 2. The number of aromatic amines is 1. The third-order valence-corrected chi connectivity index (χ3v) is 10.1. The van der Waals surface area contributed by atoms with Crippen LogP contribution in [0.2, 0.25) is 0 Å². The summed E-state index contributed by atoms with van der Waals surface area (Å²) in [4.78, 5) is 34.7. The van der Waals surface area contributed by atoms with Gasteiger partial charge in [-0.2, -0.15) is 12.7 Å². The van der Waals surface area contributed by atoms with Crippen molar-refractivity contribution < 1.29 is 26.8 Å². The number of aromatic nitrogens is 2. The second-order valence-corrected chi connectivity index (χ2v) is 13.0. The highest BCUT2D eigenvalue weighted by Crippen LogP contribution is 2.32. The van der Waals surface area contributed by atoms with Crippen LogP contribution in [0.4, 0.5) is 20.2 Å². The molecule has 0 spiro atoms. The highest BCUT2D eigenvalue weighted by atomic mass is 32.2. The number of piperidine rings is 1. The lowest BCUT2D eigenvalue weighted by Gasteiger charge is -2.31. The van der Waals surface area contributed by atoms with E-state index < -0.39 is 28.0 Å². The fraction of sp³-hybridized carbons (Fsp3) is 0.344. The van der Waals surface area contributed by atoms with Gasteiger partial charge in [-0.1, -0.05) is 19.1 Å².